The van der Waals surface area contributed by atoms with Crippen LogP contribution in [0.5, 0.6) is 11.5 Å². The number of aromatic nitrogens is 1. The van der Waals surface area contributed by atoms with Crippen molar-refractivity contribution in [3.05, 3.63) is 85.6 Å². The molecular weight excluding hydrogens is 744 g/mol. The van der Waals surface area contributed by atoms with Crippen LogP contribution in [-0.2, 0) is 9.53 Å². The molecule has 0 spiro atoms. The molecule has 0 N–H and O–H groups in total. The molecule has 11 heteroatoms. The highest BCUT2D eigenvalue weighted by Gasteiger charge is 2.35. The number of thiazole rings is 1. The maximum atomic E-state index is 14.0. The molecule has 4 rings (SSSR count). The van der Waals surface area contributed by atoms with Gasteiger partial charge in [0.15, 0.2) is 11.4 Å². The zero-order valence-electron chi connectivity index (χ0n) is 21.7. The molecule has 0 unspecified atom stereocenters. The summed E-state index contributed by atoms with van der Waals surface area (Å²) in [6.45, 7) is 7.40. The SMILES string of the molecule is CCOC(=O)C1=C(C)N=c2s/c(=C\c3cc(I)cc(I)c3OCC#N)c(=O)n2[C@H]1c1ccccc1OC(C)C. The summed E-state index contributed by atoms with van der Waals surface area (Å²) in [5.41, 5.74) is 1.80. The Morgan fingerprint density at radius 3 is 2.72 bits per heavy atom. The summed E-state index contributed by atoms with van der Waals surface area (Å²) in [4.78, 5) is 32.4. The maximum Gasteiger partial charge on any atom is 0.338 e. The number of benzene rings is 2. The average Bonchev–Trinajstić information content (AvgIpc) is 3.17. The first-order valence-corrected chi connectivity index (χ1v) is 15.1. The van der Waals surface area contributed by atoms with Crippen molar-refractivity contribution in [1.29, 1.82) is 5.26 Å². The van der Waals surface area contributed by atoms with Crippen LogP contribution in [0.1, 0.15) is 44.9 Å². The van der Waals surface area contributed by atoms with Crippen molar-refractivity contribution in [2.24, 2.45) is 4.99 Å². The molecule has 0 radical (unpaired) electrons. The van der Waals surface area contributed by atoms with Crippen LogP contribution in [0, 0.1) is 18.5 Å². The highest BCUT2D eigenvalue weighted by molar-refractivity contribution is 14.1. The lowest BCUT2D eigenvalue weighted by molar-refractivity contribution is -0.139. The van der Waals surface area contributed by atoms with Gasteiger partial charge < -0.3 is 14.2 Å². The number of carbonyl (C=O) groups excluding carboxylic acids is 1. The number of ether oxygens (including phenoxy) is 3. The fourth-order valence-corrected chi connectivity index (χ4v) is 7.32. The van der Waals surface area contributed by atoms with E-state index in [2.05, 4.69) is 50.2 Å². The Morgan fingerprint density at radius 2 is 2.03 bits per heavy atom. The summed E-state index contributed by atoms with van der Waals surface area (Å²) in [6.07, 6.45) is 1.63. The largest absolute Gasteiger partial charge is 0.491 e. The smallest absolute Gasteiger partial charge is 0.338 e. The van der Waals surface area contributed by atoms with Gasteiger partial charge in [0.1, 0.15) is 23.6 Å². The molecule has 1 aliphatic heterocycles. The van der Waals surface area contributed by atoms with Crippen molar-refractivity contribution >= 4 is 68.6 Å². The Hall–Kier alpha value is -2.70. The van der Waals surface area contributed by atoms with Crippen molar-refractivity contribution in [3.8, 4) is 17.6 Å². The first kappa shape index (κ1) is 29.3. The number of nitriles is 1. The van der Waals surface area contributed by atoms with Crippen LogP contribution in [0.25, 0.3) is 6.08 Å². The Morgan fingerprint density at radius 1 is 1.28 bits per heavy atom. The van der Waals surface area contributed by atoms with Crippen molar-refractivity contribution in [2.75, 3.05) is 13.2 Å². The van der Waals surface area contributed by atoms with Gasteiger partial charge in [-0.25, -0.2) is 9.79 Å². The Bertz CT molecular complexity index is 1680. The van der Waals surface area contributed by atoms with E-state index in [4.69, 9.17) is 19.5 Å². The lowest BCUT2D eigenvalue weighted by atomic mass is 9.95. The summed E-state index contributed by atoms with van der Waals surface area (Å²) < 4.78 is 20.9. The standard InChI is InChI=1S/C28H25I2N3O5S/c1-5-36-27(35)23-16(4)32-28-33(24(23)19-8-6-7-9-21(19)38-15(2)3)26(34)22(39-28)13-17-12-18(29)14-20(30)25(17)37-11-10-31/h6-9,12-15,24H,5,11H2,1-4H3/b22-13-/t24-/m0/s1. The molecule has 2 heterocycles. The predicted molar refractivity (Wildman–Crippen MR) is 166 cm³/mol. The molecule has 0 bridgehead atoms. The van der Waals surface area contributed by atoms with Gasteiger partial charge in [-0.1, -0.05) is 29.5 Å². The first-order valence-electron chi connectivity index (χ1n) is 12.1. The number of para-hydroxylation sites is 1. The third-order valence-electron chi connectivity index (χ3n) is 5.70. The molecule has 2 aromatic carbocycles. The number of rotatable bonds is 8. The van der Waals surface area contributed by atoms with Crippen molar-refractivity contribution < 1.29 is 19.0 Å². The number of fused-ring (bicyclic) bond motifs is 1. The summed E-state index contributed by atoms with van der Waals surface area (Å²) in [6, 6.07) is 12.4. The lowest BCUT2D eigenvalue weighted by Crippen LogP contribution is -2.40. The molecule has 1 atom stereocenters. The molecule has 0 aliphatic carbocycles. The van der Waals surface area contributed by atoms with Gasteiger partial charge in [0.2, 0.25) is 0 Å². The van der Waals surface area contributed by atoms with Gasteiger partial charge in [-0.2, -0.15) is 5.26 Å². The molecule has 8 nitrogen and oxygen atoms in total. The number of halogens is 2. The quantitative estimate of drug-likeness (QED) is 0.244. The van der Waals surface area contributed by atoms with Crippen LogP contribution < -0.4 is 24.4 Å². The van der Waals surface area contributed by atoms with Gasteiger partial charge in [-0.05, 0) is 97.2 Å². The fourth-order valence-electron chi connectivity index (χ4n) is 4.24. The minimum absolute atomic E-state index is 0.118. The normalized spacial score (nSPS) is 15.0. The molecule has 202 valence electrons. The predicted octanol–water partition coefficient (Wildman–Crippen LogP) is 4.70. The van der Waals surface area contributed by atoms with Crippen LogP contribution >= 0.6 is 56.5 Å². The zero-order chi connectivity index (χ0) is 28.3. The summed E-state index contributed by atoms with van der Waals surface area (Å²) in [5.74, 6) is 0.568. The number of allylic oxidation sites excluding steroid dienone is 1. The minimum Gasteiger partial charge on any atom is -0.491 e. The van der Waals surface area contributed by atoms with Gasteiger partial charge in [0.05, 0.1) is 32.1 Å². The minimum atomic E-state index is -0.789. The molecule has 3 aromatic rings. The fraction of sp³-hybridized carbons (Fsp3) is 0.286. The van der Waals surface area contributed by atoms with Gasteiger partial charge in [0.25, 0.3) is 5.56 Å². The molecule has 0 saturated heterocycles. The van der Waals surface area contributed by atoms with Crippen molar-refractivity contribution in [3.63, 3.8) is 0 Å². The third-order valence-corrected chi connectivity index (χ3v) is 8.11. The first-order chi connectivity index (χ1) is 18.7. The van der Waals surface area contributed by atoms with Crippen molar-refractivity contribution in [2.45, 2.75) is 39.8 Å². The number of nitrogens with zero attached hydrogens (tertiary/aromatic N) is 3. The molecule has 1 aliphatic rings. The van der Waals surface area contributed by atoms with Crippen LogP contribution in [0.2, 0.25) is 0 Å². The average molecular weight is 769 g/mol. The number of hydrogen-bond acceptors (Lipinski definition) is 8. The molecular formula is C28H25I2N3O5S. The summed E-state index contributed by atoms with van der Waals surface area (Å²) in [5, 5.41) is 9.05. The Balaban J connectivity index is 2.00. The molecule has 1 aromatic heterocycles. The summed E-state index contributed by atoms with van der Waals surface area (Å²) in [7, 11) is 0. The Labute approximate surface area is 256 Å². The second-order valence-corrected chi connectivity index (χ2v) is 12.2. The second-order valence-electron chi connectivity index (χ2n) is 8.76. The third kappa shape index (κ3) is 6.22. The van der Waals surface area contributed by atoms with E-state index in [-0.39, 0.29) is 30.5 Å². The number of carbonyl (C=O) groups is 1. The van der Waals surface area contributed by atoms with Gasteiger partial charge in [0, 0.05) is 14.7 Å². The van der Waals surface area contributed by atoms with E-state index in [1.807, 2.05) is 56.3 Å². The zero-order valence-corrected chi connectivity index (χ0v) is 26.8. The van der Waals surface area contributed by atoms with E-state index in [9.17, 15) is 9.59 Å². The van der Waals surface area contributed by atoms with Gasteiger partial charge >= 0.3 is 5.97 Å². The van der Waals surface area contributed by atoms with E-state index in [1.54, 1.807) is 19.9 Å². The Kier molecular flexibility index (Phi) is 9.50. The second kappa shape index (κ2) is 12.6. The van der Waals surface area contributed by atoms with E-state index >= 15 is 0 Å². The summed E-state index contributed by atoms with van der Waals surface area (Å²) >= 11 is 5.58. The van der Waals surface area contributed by atoms with Crippen LogP contribution in [0.15, 0.2) is 57.5 Å². The molecule has 0 saturated carbocycles. The maximum absolute atomic E-state index is 14.0. The number of hydrogen-bond donors (Lipinski definition) is 0. The number of esters is 1. The molecule has 0 amide bonds. The monoisotopic (exact) mass is 769 g/mol. The van der Waals surface area contributed by atoms with Gasteiger partial charge in [-0.15, -0.1) is 0 Å². The van der Waals surface area contributed by atoms with E-state index in [0.717, 1.165) is 7.14 Å². The lowest BCUT2D eigenvalue weighted by Gasteiger charge is -2.26. The van der Waals surface area contributed by atoms with Crippen LogP contribution in [0.4, 0.5) is 0 Å². The molecule has 0 fully saturated rings. The highest BCUT2D eigenvalue weighted by Crippen LogP contribution is 2.36. The van der Waals surface area contributed by atoms with Crippen LogP contribution in [0.3, 0.4) is 0 Å². The highest BCUT2D eigenvalue weighted by atomic mass is 127. The van der Waals surface area contributed by atoms with Crippen LogP contribution in [-0.4, -0.2) is 29.9 Å². The molecule has 39 heavy (non-hydrogen) atoms. The van der Waals surface area contributed by atoms with E-state index in [0.29, 0.717) is 37.7 Å². The van der Waals surface area contributed by atoms with Crippen molar-refractivity contribution in [1.82, 2.24) is 4.57 Å². The van der Waals surface area contributed by atoms with E-state index in [1.165, 1.54) is 15.9 Å². The topological polar surface area (TPSA) is 103 Å². The van der Waals surface area contributed by atoms with Gasteiger partial charge in [-0.3, -0.25) is 9.36 Å². The van der Waals surface area contributed by atoms with E-state index < -0.39 is 12.0 Å².